The van der Waals surface area contributed by atoms with Gasteiger partial charge in [0, 0.05) is 26.6 Å². The molecule has 7 nitrogen and oxygen atoms in total. The van der Waals surface area contributed by atoms with Gasteiger partial charge >= 0.3 is 0 Å². The third-order valence-electron chi connectivity index (χ3n) is 5.45. The van der Waals surface area contributed by atoms with Crippen molar-refractivity contribution in [2.24, 2.45) is 0 Å². The van der Waals surface area contributed by atoms with Crippen LogP contribution in [0.5, 0.6) is 0 Å². The fourth-order valence-corrected chi connectivity index (χ4v) is 3.56. The number of hydrogen-bond acceptors (Lipinski definition) is 4. The summed E-state index contributed by atoms with van der Waals surface area (Å²) in [5, 5.41) is 11.1. The highest BCUT2D eigenvalue weighted by molar-refractivity contribution is 6.06. The number of carbonyl (C=O) groups excluding carboxylic acids is 2. The quantitative estimate of drug-likeness (QED) is 0.433. The van der Waals surface area contributed by atoms with Crippen molar-refractivity contribution >= 4 is 23.6 Å². The molecule has 1 saturated heterocycles. The molecule has 1 atom stereocenters. The fraction of sp³-hybridized carbons (Fsp3) is 0.217. The van der Waals surface area contributed by atoms with Gasteiger partial charge in [0.15, 0.2) is 0 Å². The maximum atomic E-state index is 13.2. The Hall–Kier alpha value is -3.74. The molecule has 0 radical (unpaired) electrons. The van der Waals surface area contributed by atoms with E-state index in [0.29, 0.717) is 12.0 Å². The van der Waals surface area contributed by atoms with E-state index in [0.717, 1.165) is 5.56 Å². The zero-order valence-corrected chi connectivity index (χ0v) is 17.1. The summed E-state index contributed by atoms with van der Waals surface area (Å²) < 4.78 is 0. The van der Waals surface area contributed by atoms with Gasteiger partial charge in [0.2, 0.25) is 0 Å². The van der Waals surface area contributed by atoms with Gasteiger partial charge in [0.1, 0.15) is 11.2 Å². The molecular formula is C23H23N3O4. The van der Waals surface area contributed by atoms with Gasteiger partial charge < -0.3 is 9.80 Å². The molecule has 1 aliphatic heterocycles. The van der Waals surface area contributed by atoms with Gasteiger partial charge in [-0.2, -0.15) is 0 Å². The van der Waals surface area contributed by atoms with Crippen molar-refractivity contribution in [2.75, 3.05) is 14.1 Å². The van der Waals surface area contributed by atoms with Crippen LogP contribution in [0.3, 0.4) is 0 Å². The Kier molecular flexibility index (Phi) is 5.82. The maximum Gasteiger partial charge on any atom is 0.276 e. The standard InChI is InChI=1S/C23H23N3O4/c1-23(16-17-10-5-4-6-11-17)22(28)24(2)20(21(27)25(23)3)15-9-13-18-12-7-8-14-19(18)26(29)30/h4-15H,16H2,1-3H3/b13-9+,20-15-. The Morgan fingerprint density at radius 2 is 1.67 bits per heavy atom. The third kappa shape index (κ3) is 3.87. The molecule has 0 aromatic heterocycles. The van der Waals surface area contributed by atoms with E-state index in [1.54, 1.807) is 51.4 Å². The topological polar surface area (TPSA) is 83.8 Å². The number of para-hydroxylation sites is 1. The van der Waals surface area contributed by atoms with E-state index in [-0.39, 0.29) is 23.2 Å². The van der Waals surface area contributed by atoms with Gasteiger partial charge in [-0.15, -0.1) is 0 Å². The smallest absolute Gasteiger partial charge is 0.276 e. The Balaban J connectivity index is 1.88. The van der Waals surface area contributed by atoms with Crippen molar-refractivity contribution in [1.82, 2.24) is 9.80 Å². The van der Waals surface area contributed by atoms with E-state index in [1.165, 1.54) is 21.9 Å². The molecule has 2 aromatic rings. The lowest BCUT2D eigenvalue weighted by Crippen LogP contribution is -2.64. The molecule has 3 rings (SSSR count). The lowest BCUT2D eigenvalue weighted by Gasteiger charge is -2.45. The number of carbonyl (C=O) groups is 2. The van der Waals surface area contributed by atoms with Crippen LogP contribution in [0.25, 0.3) is 6.08 Å². The van der Waals surface area contributed by atoms with Crippen LogP contribution in [0.2, 0.25) is 0 Å². The van der Waals surface area contributed by atoms with E-state index >= 15 is 0 Å². The van der Waals surface area contributed by atoms with Crippen LogP contribution in [0.4, 0.5) is 5.69 Å². The zero-order valence-electron chi connectivity index (χ0n) is 17.1. The van der Waals surface area contributed by atoms with Crippen molar-refractivity contribution in [1.29, 1.82) is 0 Å². The minimum atomic E-state index is -1.01. The van der Waals surface area contributed by atoms with Crippen LogP contribution >= 0.6 is 0 Å². The molecule has 30 heavy (non-hydrogen) atoms. The minimum absolute atomic E-state index is 0.0286. The largest absolute Gasteiger partial charge is 0.326 e. The second-order valence-electron chi connectivity index (χ2n) is 7.39. The molecule has 2 aromatic carbocycles. The number of nitro groups is 1. The van der Waals surface area contributed by atoms with Gasteiger partial charge in [-0.1, -0.05) is 48.5 Å². The van der Waals surface area contributed by atoms with E-state index in [4.69, 9.17) is 0 Å². The number of hydrogen-bond donors (Lipinski definition) is 0. The predicted octanol–water partition coefficient (Wildman–Crippen LogP) is 3.42. The second kappa shape index (κ2) is 8.32. The summed E-state index contributed by atoms with van der Waals surface area (Å²) in [5.41, 5.74) is 0.554. The van der Waals surface area contributed by atoms with Crippen LogP contribution in [-0.4, -0.2) is 46.2 Å². The van der Waals surface area contributed by atoms with E-state index in [2.05, 4.69) is 0 Å². The second-order valence-corrected chi connectivity index (χ2v) is 7.39. The number of allylic oxidation sites excluding steroid dienone is 2. The van der Waals surface area contributed by atoms with Gasteiger partial charge in [0.05, 0.1) is 10.5 Å². The summed E-state index contributed by atoms with van der Waals surface area (Å²) in [7, 11) is 3.19. The average Bonchev–Trinajstić information content (AvgIpc) is 2.74. The first kappa shape index (κ1) is 21.0. The van der Waals surface area contributed by atoms with E-state index in [9.17, 15) is 19.7 Å². The molecular weight excluding hydrogens is 382 g/mol. The van der Waals surface area contributed by atoms with Gasteiger partial charge in [0.25, 0.3) is 17.5 Å². The van der Waals surface area contributed by atoms with Crippen LogP contribution in [0.1, 0.15) is 18.1 Å². The van der Waals surface area contributed by atoms with Crippen molar-refractivity contribution < 1.29 is 14.5 Å². The summed E-state index contributed by atoms with van der Waals surface area (Å²) in [6.45, 7) is 1.76. The van der Waals surface area contributed by atoms with Gasteiger partial charge in [-0.3, -0.25) is 19.7 Å². The first-order chi connectivity index (χ1) is 14.3. The highest BCUT2D eigenvalue weighted by atomic mass is 16.6. The summed E-state index contributed by atoms with van der Waals surface area (Å²) in [6.07, 6.45) is 5.01. The van der Waals surface area contributed by atoms with Crippen molar-refractivity contribution in [2.45, 2.75) is 18.9 Å². The summed E-state index contributed by atoms with van der Waals surface area (Å²) in [6, 6.07) is 15.9. The molecule has 1 fully saturated rings. The van der Waals surface area contributed by atoms with Gasteiger partial charge in [-0.25, -0.2) is 0 Å². The molecule has 2 amide bonds. The summed E-state index contributed by atoms with van der Waals surface area (Å²) in [4.78, 5) is 39.7. The van der Waals surface area contributed by atoms with Gasteiger partial charge in [-0.05, 0) is 30.7 Å². The Bertz CT molecular complexity index is 1050. The Labute approximate surface area is 175 Å². The van der Waals surface area contributed by atoms with Crippen LogP contribution in [-0.2, 0) is 16.0 Å². The molecule has 0 aliphatic carbocycles. The van der Waals surface area contributed by atoms with Crippen LogP contribution < -0.4 is 0 Å². The molecule has 1 heterocycles. The number of nitrogens with zero attached hydrogens (tertiary/aromatic N) is 3. The molecule has 0 bridgehead atoms. The van der Waals surface area contributed by atoms with Crippen LogP contribution in [0.15, 0.2) is 72.4 Å². The zero-order chi connectivity index (χ0) is 21.9. The highest BCUT2D eigenvalue weighted by Crippen LogP contribution is 2.30. The molecule has 0 N–H and O–H groups in total. The van der Waals surface area contributed by atoms with E-state index < -0.39 is 10.5 Å². The predicted molar refractivity (Wildman–Crippen MR) is 114 cm³/mol. The maximum absolute atomic E-state index is 13.2. The van der Waals surface area contributed by atoms with E-state index in [1.807, 2.05) is 30.3 Å². The first-order valence-electron chi connectivity index (χ1n) is 9.48. The molecule has 0 spiro atoms. The lowest BCUT2D eigenvalue weighted by atomic mass is 9.87. The number of piperazine rings is 1. The number of rotatable bonds is 5. The summed E-state index contributed by atoms with van der Waals surface area (Å²) >= 11 is 0. The minimum Gasteiger partial charge on any atom is -0.326 e. The van der Waals surface area contributed by atoms with Crippen molar-refractivity contribution in [3.8, 4) is 0 Å². The lowest BCUT2D eigenvalue weighted by molar-refractivity contribution is -0.385. The molecule has 7 heteroatoms. The molecule has 0 saturated carbocycles. The third-order valence-corrected chi connectivity index (χ3v) is 5.45. The summed E-state index contributed by atoms with van der Waals surface area (Å²) in [5.74, 6) is -0.485. The first-order valence-corrected chi connectivity index (χ1v) is 9.48. The number of likely N-dealkylation sites (N-methyl/N-ethyl adjacent to an activating group) is 2. The molecule has 1 aliphatic rings. The highest BCUT2D eigenvalue weighted by Gasteiger charge is 2.48. The van der Waals surface area contributed by atoms with Crippen molar-refractivity contribution in [3.63, 3.8) is 0 Å². The number of nitro benzene ring substituents is 1. The fourth-order valence-electron chi connectivity index (χ4n) is 3.56. The Morgan fingerprint density at radius 3 is 2.33 bits per heavy atom. The van der Waals surface area contributed by atoms with Crippen molar-refractivity contribution in [3.05, 3.63) is 93.7 Å². The molecule has 1 unspecified atom stereocenters. The Morgan fingerprint density at radius 1 is 1.03 bits per heavy atom. The van der Waals surface area contributed by atoms with Crippen LogP contribution in [0, 0.1) is 10.1 Å². The SMILES string of the molecule is CN1C(=O)C(C)(Cc2ccccc2)N(C)C(=O)/C1=C/C=C/c1ccccc1[N+](=O)[O-]. The normalized spacial score (nSPS) is 21.0. The monoisotopic (exact) mass is 405 g/mol. The molecule has 154 valence electrons. The number of amides is 2. The number of benzene rings is 2. The average molecular weight is 405 g/mol.